The summed E-state index contributed by atoms with van der Waals surface area (Å²) in [5.41, 5.74) is 2.73. The number of hydrogen-bond donors (Lipinski definition) is 1. The highest BCUT2D eigenvalue weighted by Gasteiger charge is 2.23. The third kappa shape index (κ3) is 3.65. The van der Waals surface area contributed by atoms with Gasteiger partial charge in [0.15, 0.2) is 0 Å². The fourth-order valence-electron chi connectivity index (χ4n) is 3.78. The maximum atomic E-state index is 12.3. The molecule has 0 bridgehead atoms. The maximum Gasteiger partial charge on any atom is 0.234 e. The van der Waals surface area contributed by atoms with Gasteiger partial charge in [0.05, 0.1) is 12.6 Å². The van der Waals surface area contributed by atoms with E-state index in [9.17, 15) is 4.79 Å². The summed E-state index contributed by atoms with van der Waals surface area (Å²) in [6.45, 7) is 4.97. The molecule has 1 aliphatic heterocycles. The lowest BCUT2D eigenvalue weighted by Gasteiger charge is -2.31. The molecular weight excluding hydrogens is 260 g/mol. The molecule has 0 spiro atoms. The fourth-order valence-corrected chi connectivity index (χ4v) is 3.78. The smallest absolute Gasteiger partial charge is 0.234 e. The molecule has 0 unspecified atom stereocenters. The molecule has 0 saturated carbocycles. The summed E-state index contributed by atoms with van der Waals surface area (Å²) >= 11 is 0. The first-order valence-corrected chi connectivity index (χ1v) is 8.32. The molecule has 3 rings (SSSR count). The van der Waals surface area contributed by atoms with Crippen molar-refractivity contribution in [2.45, 2.75) is 45.1 Å². The van der Waals surface area contributed by atoms with Crippen molar-refractivity contribution in [3.8, 4) is 0 Å². The number of carbonyl (C=O) groups is 1. The molecule has 1 aromatic carbocycles. The van der Waals surface area contributed by atoms with E-state index < -0.39 is 0 Å². The topological polar surface area (TPSA) is 32.3 Å². The number of aryl methyl sites for hydroxylation is 1. The fraction of sp³-hybridized carbons (Fsp3) is 0.611. The van der Waals surface area contributed by atoms with Gasteiger partial charge in [-0.1, -0.05) is 31.2 Å². The van der Waals surface area contributed by atoms with Crippen LogP contribution < -0.4 is 5.32 Å². The summed E-state index contributed by atoms with van der Waals surface area (Å²) < 4.78 is 0. The lowest BCUT2D eigenvalue weighted by molar-refractivity contribution is -0.123. The van der Waals surface area contributed by atoms with E-state index in [0.717, 1.165) is 31.8 Å². The number of benzene rings is 1. The van der Waals surface area contributed by atoms with E-state index in [2.05, 4.69) is 41.4 Å². The van der Waals surface area contributed by atoms with Gasteiger partial charge in [-0.15, -0.1) is 0 Å². The SMILES string of the molecule is C[C@H]1CCCN(CC(=O)N[C@@H]2CCCc3ccccc32)C1. The normalized spacial score (nSPS) is 26.1. The average Bonchev–Trinajstić information content (AvgIpc) is 2.47. The second-order valence-corrected chi connectivity index (χ2v) is 6.69. The molecule has 2 aliphatic rings. The Hall–Kier alpha value is -1.35. The first-order chi connectivity index (χ1) is 10.2. The van der Waals surface area contributed by atoms with Gasteiger partial charge in [-0.25, -0.2) is 0 Å². The molecular formula is C18H26N2O. The van der Waals surface area contributed by atoms with Crippen LogP contribution in [0.15, 0.2) is 24.3 Å². The zero-order chi connectivity index (χ0) is 14.7. The first kappa shape index (κ1) is 14.6. The first-order valence-electron chi connectivity index (χ1n) is 8.32. The molecule has 0 radical (unpaired) electrons. The van der Waals surface area contributed by atoms with Crippen molar-refractivity contribution in [3.63, 3.8) is 0 Å². The lowest BCUT2D eigenvalue weighted by atomic mass is 9.88. The number of fused-ring (bicyclic) bond motifs is 1. The standard InChI is InChI=1S/C18H26N2O/c1-14-6-5-11-20(12-14)13-18(21)19-17-10-4-8-15-7-2-3-9-16(15)17/h2-3,7,9,14,17H,4-6,8,10-13H2,1H3,(H,19,21)/t14-,17+/m0/s1. The number of likely N-dealkylation sites (tertiary alicyclic amines) is 1. The molecule has 0 aromatic heterocycles. The van der Waals surface area contributed by atoms with Gasteiger partial charge in [0, 0.05) is 6.54 Å². The molecule has 1 fully saturated rings. The summed E-state index contributed by atoms with van der Waals surface area (Å²) in [6.07, 6.45) is 5.91. The van der Waals surface area contributed by atoms with Gasteiger partial charge in [0.1, 0.15) is 0 Å². The van der Waals surface area contributed by atoms with Crippen LogP contribution in [0.2, 0.25) is 0 Å². The maximum absolute atomic E-state index is 12.3. The van der Waals surface area contributed by atoms with E-state index in [1.807, 2.05) is 0 Å². The van der Waals surface area contributed by atoms with Crippen molar-refractivity contribution in [3.05, 3.63) is 35.4 Å². The number of rotatable bonds is 3. The summed E-state index contributed by atoms with van der Waals surface area (Å²) in [4.78, 5) is 14.6. The Kier molecular flexibility index (Phi) is 4.59. The molecule has 21 heavy (non-hydrogen) atoms. The van der Waals surface area contributed by atoms with E-state index in [-0.39, 0.29) is 11.9 Å². The number of nitrogens with one attached hydrogen (secondary N) is 1. The second-order valence-electron chi connectivity index (χ2n) is 6.69. The third-order valence-corrected chi connectivity index (χ3v) is 4.81. The van der Waals surface area contributed by atoms with Crippen LogP contribution in [0.1, 0.15) is 49.8 Å². The number of piperidine rings is 1. The van der Waals surface area contributed by atoms with Crippen molar-refractivity contribution in [2.75, 3.05) is 19.6 Å². The zero-order valence-electron chi connectivity index (χ0n) is 13.0. The highest BCUT2D eigenvalue weighted by molar-refractivity contribution is 5.78. The van der Waals surface area contributed by atoms with Crippen molar-refractivity contribution in [1.29, 1.82) is 0 Å². The molecule has 1 saturated heterocycles. The van der Waals surface area contributed by atoms with Gasteiger partial charge in [-0.3, -0.25) is 9.69 Å². The minimum atomic E-state index is 0.186. The highest BCUT2D eigenvalue weighted by atomic mass is 16.2. The van der Waals surface area contributed by atoms with Crippen LogP contribution in [0.25, 0.3) is 0 Å². The van der Waals surface area contributed by atoms with Crippen LogP contribution >= 0.6 is 0 Å². The number of carbonyl (C=O) groups excluding carboxylic acids is 1. The monoisotopic (exact) mass is 286 g/mol. The van der Waals surface area contributed by atoms with Crippen LogP contribution in [-0.4, -0.2) is 30.4 Å². The van der Waals surface area contributed by atoms with E-state index >= 15 is 0 Å². The van der Waals surface area contributed by atoms with E-state index in [0.29, 0.717) is 6.54 Å². The van der Waals surface area contributed by atoms with Gasteiger partial charge < -0.3 is 5.32 Å². The third-order valence-electron chi connectivity index (χ3n) is 4.81. The van der Waals surface area contributed by atoms with Crippen LogP contribution in [0.4, 0.5) is 0 Å². The predicted octanol–water partition coefficient (Wildman–Crippen LogP) is 2.91. The van der Waals surface area contributed by atoms with Gasteiger partial charge in [-0.05, 0) is 55.7 Å². The summed E-state index contributed by atoms with van der Waals surface area (Å²) in [5.74, 6) is 0.910. The minimum Gasteiger partial charge on any atom is -0.348 e. The Balaban J connectivity index is 1.58. The number of amides is 1. The Labute approximate surface area is 127 Å². The molecule has 3 heteroatoms. The zero-order valence-corrected chi connectivity index (χ0v) is 13.0. The number of nitrogens with zero attached hydrogens (tertiary/aromatic N) is 1. The average molecular weight is 286 g/mol. The van der Waals surface area contributed by atoms with E-state index in [4.69, 9.17) is 0 Å². The minimum absolute atomic E-state index is 0.186. The predicted molar refractivity (Wildman–Crippen MR) is 85.1 cm³/mol. The summed E-state index contributed by atoms with van der Waals surface area (Å²) in [7, 11) is 0. The molecule has 1 N–H and O–H groups in total. The Morgan fingerprint density at radius 2 is 2.14 bits per heavy atom. The Morgan fingerprint density at radius 3 is 3.00 bits per heavy atom. The Morgan fingerprint density at radius 1 is 1.29 bits per heavy atom. The van der Waals surface area contributed by atoms with E-state index in [1.54, 1.807) is 0 Å². The summed E-state index contributed by atoms with van der Waals surface area (Å²) in [5, 5.41) is 3.26. The number of hydrogen-bond acceptors (Lipinski definition) is 2. The molecule has 2 atom stereocenters. The molecule has 1 heterocycles. The van der Waals surface area contributed by atoms with Gasteiger partial charge in [0.25, 0.3) is 0 Å². The summed E-state index contributed by atoms with van der Waals surface area (Å²) in [6, 6.07) is 8.75. The quantitative estimate of drug-likeness (QED) is 0.926. The van der Waals surface area contributed by atoms with Gasteiger partial charge in [0.2, 0.25) is 5.91 Å². The van der Waals surface area contributed by atoms with Crippen LogP contribution in [0.3, 0.4) is 0 Å². The highest BCUT2D eigenvalue weighted by Crippen LogP contribution is 2.29. The van der Waals surface area contributed by atoms with Crippen LogP contribution in [0, 0.1) is 5.92 Å². The van der Waals surface area contributed by atoms with Crippen molar-refractivity contribution >= 4 is 5.91 Å². The van der Waals surface area contributed by atoms with Crippen molar-refractivity contribution in [1.82, 2.24) is 10.2 Å². The lowest BCUT2D eigenvalue weighted by Crippen LogP contribution is -2.43. The molecule has 1 aliphatic carbocycles. The Bertz CT molecular complexity index is 500. The second kappa shape index (κ2) is 6.61. The molecule has 1 amide bonds. The van der Waals surface area contributed by atoms with Gasteiger partial charge >= 0.3 is 0 Å². The molecule has 3 nitrogen and oxygen atoms in total. The molecule has 114 valence electrons. The van der Waals surface area contributed by atoms with Crippen molar-refractivity contribution in [2.24, 2.45) is 5.92 Å². The van der Waals surface area contributed by atoms with E-state index in [1.165, 1.54) is 30.4 Å². The van der Waals surface area contributed by atoms with Gasteiger partial charge in [-0.2, -0.15) is 0 Å². The van der Waals surface area contributed by atoms with Crippen LogP contribution in [-0.2, 0) is 11.2 Å². The van der Waals surface area contributed by atoms with Crippen LogP contribution in [0.5, 0.6) is 0 Å². The largest absolute Gasteiger partial charge is 0.348 e. The molecule has 1 aromatic rings. The van der Waals surface area contributed by atoms with Crippen molar-refractivity contribution < 1.29 is 4.79 Å².